The normalized spacial score (nSPS) is 10.7. The summed E-state index contributed by atoms with van der Waals surface area (Å²) in [5, 5.41) is 12.2. The summed E-state index contributed by atoms with van der Waals surface area (Å²) in [7, 11) is 3.57. The number of aryl methyl sites for hydroxylation is 1. The number of aromatic nitrogens is 3. The fourth-order valence-electron chi connectivity index (χ4n) is 2.75. The number of rotatable bonds is 7. The standard InChI is InChI=1S/C21H24N4O2S/c1-14-6-5-7-18(15(14)2)22-20(26)13-28-21-24-23-19(25(21)3)12-16-8-10-17(27-4)11-9-16/h5-11H,12-13H2,1-4H3,(H,22,26). The number of hydrogen-bond donors (Lipinski definition) is 1. The van der Waals surface area contributed by atoms with E-state index in [-0.39, 0.29) is 11.7 Å². The van der Waals surface area contributed by atoms with Gasteiger partial charge in [-0.3, -0.25) is 4.79 Å². The molecule has 6 nitrogen and oxygen atoms in total. The molecule has 0 aliphatic rings. The highest BCUT2D eigenvalue weighted by Gasteiger charge is 2.13. The maximum absolute atomic E-state index is 12.3. The molecule has 0 saturated heterocycles. The largest absolute Gasteiger partial charge is 0.497 e. The average molecular weight is 397 g/mol. The Bertz CT molecular complexity index is 967. The zero-order chi connectivity index (χ0) is 20.1. The predicted molar refractivity (Wildman–Crippen MR) is 112 cm³/mol. The number of nitrogens with one attached hydrogen (secondary N) is 1. The summed E-state index contributed by atoms with van der Waals surface area (Å²) in [6.07, 6.45) is 0.669. The number of thioether (sulfide) groups is 1. The second kappa shape index (κ2) is 8.93. The first kappa shape index (κ1) is 19.9. The zero-order valence-electron chi connectivity index (χ0n) is 16.5. The molecule has 3 aromatic rings. The molecule has 1 N–H and O–H groups in total. The number of hydrogen-bond acceptors (Lipinski definition) is 5. The minimum absolute atomic E-state index is 0.0570. The predicted octanol–water partition coefficient (Wildman–Crippen LogP) is 3.76. The Balaban J connectivity index is 1.59. The fraction of sp³-hybridized carbons (Fsp3) is 0.286. The summed E-state index contributed by atoms with van der Waals surface area (Å²) < 4.78 is 7.11. The minimum atomic E-state index is -0.0570. The third-order valence-electron chi connectivity index (χ3n) is 4.66. The number of carbonyl (C=O) groups excluding carboxylic acids is 1. The molecular formula is C21H24N4O2S. The molecule has 0 spiro atoms. The van der Waals surface area contributed by atoms with Crippen molar-refractivity contribution in [1.29, 1.82) is 0 Å². The van der Waals surface area contributed by atoms with Crippen molar-refractivity contribution in [1.82, 2.24) is 14.8 Å². The van der Waals surface area contributed by atoms with E-state index in [4.69, 9.17) is 4.74 Å². The minimum Gasteiger partial charge on any atom is -0.497 e. The van der Waals surface area contributed by atoms with Crippen LogP contribution in [0.5, 0.6) is 5.75 Å². The van der Waals surface area contributed by atoms with E-state index in [0.717, 1.165) is 39.1 Å². The SMILES string of the molecule is COc1ccc(Cc2nnc(SCC(=O)Nc3cccc(C)c3C)n2C)cc1. The van der Waals surface area contributed by atoms with E-state index >= 15 is 0 Å². The lowest BCUT2D eigenvalue weighted by molar-refractivity contribution is -0.113. The lowest BCUT2D eigenvalue weighted by atomic mass is 10.1. The third-order valence-corrected chi connectivity index (χ3v) is 5.68. The van der Waals surface area contributed by atoms with Crippen LogP contribution in [-0.2, 0) is 18.3 Å². The molecule has 1 heterocycles. The fourth-order valence-corrected chi connectivity index (χ4v) is 3.48. The van der Waals surface area contributed by atoms with Crippen molar-refractivity contribution >= 4 is 23.4 Å². The monoisotopic (exact) mass is 396 g/mol. The van der Waals surface area contributed by atoms with Crippen LogP contribution in [0.15, 0.2) is 47.6 Å². The van der Waals surface area contributed by atoms with Crippen molar-refractivity contribution in [2.75, 3.05) is 18.2 Å². The number of carbonyl (C=O) groups is 1. The Morgan fingerprint density at radius 2 is 1.89 bits per heavy atom. The number of nitrogens with zero attached hydrogens (tertiary/aromatic N) is 3. The summed E-state index contributed by atoms with van der Waals surface area (Å²) in [4.78, 5) is 12.3. The number of anilines is 1. The van der Waals surface area contributed by atoms with Crippen molar-refractivity contribution in [3.63, 3.8) is 0 Å². The Morgan fingerprint density at radius 1 is 1.14 bits per heavy atom. The molecule has 3 rings (SSSR count). The molecule has 0 saturated carbocycles. The molecule has 1 amide bonds. The zero-order valence-corrected chi connectivity index (χ0v) is 17.3. The van der Waals surface area contributed by atoms with E-state index in [1.807, 2.05) is 67.9 Å². The van der Waals surface area contributed by atoms with E-state index in [9.17, 15) is 4.79 Å². The molecule has 0 atom stereocenters. The second-order valence-electron chi connectivity index (χ2n) is 6.57. The van der Waals surface area contributed by atoms with E-state index in [1.165, 1.54) is 11.8 Å². The molecule has 0 unspecified atom stereocenters. The summed E-state index contributed by atoms with van der Waals surface area (Å²) in [6.45, 7) is 4.04. The highest BCUT2D eigenvalue weighted by molar-refractivity contribution is 7.99. The first-order chi connectivity index (χ1) is 13.5. The second-order valence-corrected chi connectivity index (χ2v) is 7.51. The summed E-state index contributed by atoms with van der Waals surface area (Å²) in [5.74, 6) is 1.90. The van der Waals surface area contributed by atoms with Gasteiger partial charge in [0.05, 0.1) is 12.9 Å². The van der Waals surface area contributed by atoms with E-state index in [1.54, 1.807) is 7.11 Å². The van der Waals surface area contributed by atoms with Crippen molar-refractivity contribution in [3.8, 4) is 5.75 Å². The Labute approximate surface area is 169 Å². The van der Waals surface area contributed by atoms with Crippen molar-refractivity contribution in [2.45, 2.75) is 25.4 Å². The van der Waals surface area contributed by atoms with Crippen molar-refractivity contribution < 1.29 is 9.53 Å². The first-order valence-corrected chi connectivity index (χ1v) is 9.96. The van der Waals surface area contributed by atoms with E-state index in [2.05, 4.69) is 15.5 Å². The van der Waals surface area contributed by atoms with Crippen LogP contribution in [0.4, 0.5) is 5.69 Å². The molecule has 0 bridgehead atoms. The maximum Gasteiger partial charge on any atom is 0.234 e. The third kappa shape index (κ3) is 4.72. The Morgan fingerprint density at radius 3 is 2.61 bits per heavy atom. The topological polar surface area (TPSA) is 69.0 Å². The molecule has 1 aromatic heterocycles. The van der Waals surface area contributed by atoms with Crippen LogP contribution in [0.3, 0.4) is 0 Å². The number of ether oxygens (including phenoxy) is 1. The van der Waals surface area contributed by atoms with E-state index in [0.29, 0.717) is 6.42 Å². The summed E-state index contributed by atoms with van der Waals surface area (Å²) in [6, 6.07) is 13.8. The van der Waals surface area contributed by atoms with Crippen LogP contribution in [0.2, 0.25) is 0 Å². The average Bonchev–Trinajstić information content (AvgIpc) is 3.04. The van der Waals surface area contributed by atoms with Crippen molar-refractivity contribution in [2.24, 2.45) is 7.05 Å². The Kier molecular flexibility index (Phi) is 6.36. The van der Waals surface area contributed by atoms with Gasteiger partial charge in [-0.15, -0.1) is 10.2 Å². The van der Waals surface area contributed by atoms with Gasteiger partial charge in [0.15, 0.2) is 5.16 Å². The van der Waals surface area contributed by atoms with Gasteiger partial charge in [0.25, 0.3) is 0 Å². The molecule has 7 heteroatoms. The van der Waals surface area contributed by atoms with Crippen LogP contribution >= 0.6 is 11.8 Å². The molecule has 0 radical (unpaired) electrons. The van der Waals surface area contributed by atoms with Crippen LogP contribution in [0, 0.1) is 13.8 Å². The van der Waals surface area contributed by atoms with Crippen molar-refractivity contribution in [3.05, 3.63) is 65.0 Å². The molecule has 28 heavy (non-hydrogen) atoms. The van der Waals surface area contributed by atoms with Gasteiger partial charge in [-0.25, -0.2) is 0 Å². The highest BCUT2D eigenvalue weighted by atomic mass is 32.2. The quantitative estimate of drug-likeness (QED) is 0.616. The van der Waals surface area contributed by atoms with Crippen LogP contribution in [0.1, 0.15) is 22.5 Å². The van der Waals surface area contributed by atoms with Crippen LogP contribution in [-0.4, -0.2) is 33.5 Å². The van der Waals surface area contributed by atoms with Gasteiger partial charge < -0.3 is 14.6 Å². The first-order valence-electron chi connectivity index (χ1n) is 8.98. The number of amides is 1. The summed E-state index contributed by atoms with van der Waals surface area (Å²) in [5.41, 5.74) is 4.22. The Hall–Kier alpha value is -2.80. The van der Waals surface area contributed by atoms with Gasteiger partial charge in [-0.05, 0) is 48.7 Å². The maximum atomic E-state index is 12.3. The highest BCUT2D eigenvalue weighted by Crippen LogP contribution is 2.21. The van der Waals surface area contributed by atoms with Gasteiger partial charge in [-0.2, -0.15) is 0 Å². The van der Waals surface area contributed by atoms with Gasteiger partial charge >= 0.3 is 0 Å². The summed E-state index contributed by atoms with van der Waals surface area (Å²) >= 11 is 1.38. The molecular weight excluding hydrogens is 372 g/mol. The van der Waals surface area contributed by atoms with Crippen LogP contribution < -0.4 is 10.1 Å². The lowest BCUT2D eigenvalue weighted by Gasteiger charge is -2.10. The molecule has 2 aromatic carbocycles. The van der Waals surface area contributed by atoms with Gasteiger partial charge in [0.2, 0.25) is 5.91 Å². The number of benzene rings is 2. The molecule has 0 fully saturated rings. The lowest BCUT2D eigenvalue weighted by Crippen LogP contribution is -2.15. The van der Waals surface area contributed by atoms with Crippen LogP contribution in [0.25, 0.3) is 0 Å². The molecule has 146 valence electrons. The van der Waals surface area contributed by atoms with Gasteiger partial charge in [-0.1, -0.05) is 36.0 Å². The van der Waals surface area contributed by atoms with Gasteiger partial charge in [0, 0.05) is 19.2 Å². The molecule has 0 aliphatic heterocycles. The number of methoxy groups -OCH3 is 1. The van der Waals surface area contributed by atoms with E-state index < -0.39 is 0 Å². The smallest absolute Gasteiger partial charge is 0.234 e. The molecule has 0 aliphatic carbocycles. The van der Waals surface area contributed by atoms with Gasteiger partial charge in [0.1, 0.15) is 11.6 Å².